The summed E-state index contributed by atoms with van der Waals surface area (Å²) in [6.45, 7) is 0.416. The number of nitrogens with zero attached hydrogens (tertiary/aromatic N) is 1. The maximum absolute atomic E-state index is 12.2. The van der Waals surface area contributed by atoms with Gasteiger partial charge in [-0.1, -0.05) is 0 Å². The lowest BCUT2D eigenvalue weighted by atomic mass is 10.1. The van der Waals surface area contributed by atoms with Gasteiger partial charge < -0.3 is 5.32 Å². The fourth-order valence-corrected chi connectivity index (χ4v) is 3.61. The Hall–Kier alpha value is -1.99. The number of imide groups is 1. The molecule has 0 saturated heterocycles. The minimum atomic E-state index is -0.378. The van der Waals surface area contributed by atoms with E-state index < -0.39 is 0 Å². The van der Waals surface area contributed by atoms with E-state index in [-0.39, 0.29) is 23.3 Å². The molecule has 0 aliphatic carbocycles. The van der Waals surface area contributed by atoms with Crippen molar-refractivity contribution in [3.8, 4) is 0 Å². The van der Waals surface area contributed by atoms with Gasteiger partial charge in [0.1, 0.15) is 0 Å². The average molecular weight is 379 g/mol. The van der Waals surface area contributed by atoms with Crippen molar-refractivity contribution >= 4 is 45.0 Å². The lowest BCUT2D eigenvalue weighted by Crippen LogP contribution is -2.24. The molecular formula is C15H11BrN2O3S. The van der Waals surface area contributed by atoms with Crippen LogP contribution in [0.5, 0.6) is 0 Å². The number of thiophene rings is 1. The van der Waals surface area contributed by atoms with Gasteiger partial charge >= 0.3 is 0 Å². The average Bonchev–Trinajstić information content (AvgIpc) is 3.03. The highest BCUT2D eigenvalue weighted by Gasteiger charge is 2.33. The quantitative estimate of drug-likeness (QED) is 0.834. The summed E-state index contributed by atoms with van der Waals surface area (Å²) in [6, 6.07) is 6.49. The molecule has 0 saturated carbocycles. The van der Waals surface area contributed by atoms with Crippen molar-refractivity contribution in [1.82, 2.24) is 10.2 Å². The molecule has 22 heavy (non-hydrogen) atoms. The molecule has 1 aliphatic rings. The number of carbonyl (C=O) groups excluding carboxylic acids is 3. The number of carbonyl (C=O) groups is 3. The van der Waals surface area contributed by atoms with E-state index >= 15 is 0 Å². The van der Waals surface area contributed by atoms with Crippen molar-refractivity contribution in [3.05, 3.63) is 55.7 Å². The van der Waals surface area contributed by atoms with Gasteiger partial charge in [-0.25, -0.2) is 0 Å². The monoisotopic (exact) mass is 378 g/mol. The van der Waals surface area contributed by atoms with Crippen LogP contribution in [-0.2, 0) is 6.54 Å². The molecule has 1 aromatic heterocycles. The number of hydrogen-bond donors (Lipinski definition) is 1. The Morgan fingerprint density at radius 3 is 2.64 bits per heavy atom. The minimum absolute atomic E-state index is 0.276. The van der Waals surface area contributed by atoms with Crippen molar-refractivity contribution in [3.63, 3.8) is 0 Å². The van der Waals surface area contributed by atoms with Gasteiger partial charge in [0.15, 0.2) is 0 Å². The molecule has 2 aromatic rings. The second kappa shape index (κ2) is 5.66. The summed E-state index contributed by atoms with van der Waals surface area (Å²) in [5.41, 5.74) is 0.982. The van der Waals surface area contributed by atoms with Crippen LogP contribution in [0.3, 0.4) is 0 Å². The van der Waals surface area contributed by atoms with Gasteiger partial charge in [-0.15, -0.1) is 11.3 Å². The number of nitrogens with one attached hydrogen (secondary N) is 1. The molecule has 112 valence electrons. The van der Waals surface area contributed by atoms with E-state index in [0.29, 0.717) is 17.7 Å². The Morgan fingerprint density at radius 2 is 1.95 bits per heavy atom. The summed E-state index contributed by atoms with van der Waals surface area (Å²) in [4.78, 5) is 38.0. The van der Waals surface area contributed by atoms with Crippen LogP contribution in [0.25, 0.3) is 0 Å². The van der Waals surface area contributed by atoms with Gasteiger partial charge in [-0.05, 0) is 40.2 Å². The molecule has 5 nitrogen and oxygen atoms in total. The van der Waals surface area contributed by atoms with Crippen LogP contribution in [0.4, 0.5) is 0 Å². The lowest BCUT2D eigenvalue weighted by molar-refractivity contribution is 0.0693. The van der Waals surface area contributed by atoms with Crippen molar-refractivity contribution in [1.29, 1.82) is 0 Å². The van der Waals surface area contributed by atoms with E-state index in [1.54, 1.807) is 17.4 Å². The van der Waals surface area contributed by atoms with Crippen LogP contribution in [0.2, 0.25) is 0 Å². The van der Waals surface area contributed by atoms with E-state index in [9.17, 15) is 14.4 Å². The first-order valence-corrected chi connectivity index (χ1v) is 8.12. The van der Waals surface area contributed by atoms with E-state index in [1.165, 1.54) is 19.2 Å². The number of rotatable bonds is 3. The Morgan fingerprint density at radius 1 is 1.23 bits per heavy atom. The number of halogens is 1. The second-order valence-electron chi connectivity index (χ2n) is 4.84. The summed E-state index contributed by atoms with van der Waals surface area (Å²) in [5.74, 6) is -0.991. The molecule has 3 rings (SSSR count). The number of benzene rings is 1. The van der Waals surface area contributed by atoms with Gasteiger partial charge in [0.2, 0.25) is 0 Å². The summed E-state index contributed by atoms with van der Waals surface area (Å²) < 4.78 is 0.978. The van der Waals surface area contributed by atoms with Gasteiger partial charge in [-0.2, -0.15) is 0 Å². The van der Waals surface area contributed by atoms with Crippen LogP contribution < -0.4 is 5.32 Å². The maximum atomic E-state index is 12.2. The summed E-state index contributed by atoms with van der Waals surface area (Å²) in [7, 11) is 1.43. The van der Waals surface area contributed by atoms with Crippen molar-refractivity contribution in [2.24, 2.45) is 0 Å². The van der Waals surface area contributed by atoms with E-state index in [0.717, 1.165) is 14.2 Å². The fraction of sp³-hybridized carbons (Fsp3) is 0.133. The third-order valence-corrected chi connectivity index (χ3v) is 5.09. The zero-order valence-corrected chi connectivity index (χ0v) is 14.0. The Bertz CT molecular complexity index is 800. The smallest absolute Gasteiger partial charge is 0.261 e. The molecule has 0 unspecified atom stereocenters. The molecule has 7 heteroatoms. The van der Waals surface area contributed by atoms with E-state index in [4.69, 9.17) is 0 Å². The number of fused-ring (bicyclic) bond motifs is 1. The van der Waals surface area contributed by atoms with E-state index in [1.807, 2.05) is 11.4 Å². The lowest BCUT2D eigenvalue weighted by Gasteiger charge is -2.05. The molecule has 0 fully saturated rings. The van der Waals surface area contributed by atoms with Crippen LogP contribution in [0.1, 0.15) is 36.0 Å². The third kappa shape index (κ3) is 2.57. The van der Waals surface area contributed by atoms with Crippen molar-refractivity contribution < 1.29 is 14.4 Å². The largest absolute Gasteiger partial charge is 0.347 e. The molecule has 0 radical (unpaired) electrons. The number of hydrogen-bond acceptors (Lipinski definition) is 4. The molecule has 0 spiro atoms. The molecule has 3 amide bonds. The predicted molar refractivity (Wildman–Crippen MR) is 86.1 cm³/mol. The maximum Gasteiger partial charge on any atom is 0.261 e. The molecule has 0 atom stereocenters. The molecule has 0 bridgehead atoms. The van der Waals surface area contributed by atoms with Crippen LogP contribution in [-0.4, -0.2) is 29.7 Å². The zero-order chi connectivity index (χ0) is 15.9. The van der Waals surface area contributed by atoms with Gasteiger partial charge in [0.05, 0.1) is 17.7 Å². The van der Waals surface area contributed by atoms with Crippen molar-refractivity contribution in [2.75, 3.05) is 7.05 Å². The first-order valence-electron chi connectivity index (χ1n) is 6.45. The predicted octanol–water partition coefficient (Wildman–Crippen LogP) is 2.67. The Labute approximate surface area is 139 Å². The first-order chi connectivity index (χ1) is 10.5. The normalized spacial score (nSPS) is 13.5. The van der Waals surface area contributed by atoms with Gasteiger partial charge in [0, 0.05) is 27.3 Å². The van der Waals surface area contributed by atoms with E-state index in [2.05, 4.69) is 21.2 Å². The topological polar surface area (TPSA) is 66.5 Å². The molecular weight excluding hydrogens is 368 g/mol. The fourth-order valence-electron chi connectivity index (χ4n) is 2.22. The van der Waals surface area contributed by atoms with Crippen molar-refractivity contribution in [2.45, 2.75) is 6.54 Å². The zero-order valence-electron chi connectivity index (χ0n) is 11.6. The second-order valence-corrected chi connectivity index (χ2v) is 6.76. The standard InChI is InChI=1S/C15H11BrN2O3S/c1-18-14(20)11-3-2-8(4-12(11)15(18)21)13(19)17-6-10-5-9(16)7-22-10/h2-5,7H,6H2,1H3,(H,17,19). The molecule has 1 aromatic carbocycles. The summed E-state index contributed by atoms with van der Waals surface area (Å²) >= 11 is 4.90. The van der Waals surface area contributed by atoms with Crippen LogP contribution in [0, 0.1) is 0 Å². The van der Waals surface area contributed by atoms with Crippen LogP contribution >= 0.6 is 27.3 Å². The molecule has 2 heterocycles. The molecule has 1 N–H and O–H groups in total. The SMILES string of the molecule is CN1C(=O)c2ccc(C(=O)NCc3cc(Br)cs3)cc2C1=O. The van der Waals surface area contributed by atoms with Gasteiger partial charge in [0.25, 0.3) is 17.7 Å². The van der Waals surface area contributed by atoms with Gasteiger partial charge in [-0.3, -0.25) is 19.3 Å². The van der Waals surface area contributed by atoms with Crippen LogP contribution in [0.15, 0.2) is 34.1 Å². The minimum Gasteiger partial charge on any atom is -0.347 e. The Balaban J connectivity index is 1.77. The summed E-state index contributed by atoms with van der Waals surface area (Å²) in [5, 5.41) is 4.74. The Kier molecular flexibility index (Phi) is 3.84. The third-order valence-electron chi connectivity index (χ3n) is 3.40. The first kappa shape index (κ1) is 14.9. The highest BCUT2D eigenvalue weighted by molar-refractivity contribution is 9.10. The highest BCUT2D eigenvalue weighted by atomic mass is 79.9. The summed E-state index contributed by atoms with van der Waals surface area (Å²) in [6.07, 6.45) is 0. The number of amides is 3. The highest BCUT2D eigenvalue weighted by Crippen LogP contribution is 2.23. The molecule has 1 aliphatic heterocycles.